The molecule has 54 valence electrons. The van der Waals surface area contributed by atoms with Crippen LogP contribution in [0.5, 0.6) is 0 Å². The maximum atomic E-state index is 10.6. The molecular formula is C6H8N2OS. The SMILES string of the molecule is Cc1nc(C(=O)S)cn1C. The zero-order valence-electron chi connectivity index (χ0n) is 5.83. The topological polar surface area (TPSA) is 34.9 Å². The molecular weight excluding hydrogens is 148 g/mol. The Bertz CT molecular complexity index is 247. The fraction of sp³-hybridized carbons (Fsp3) is 0.333. The van der Waals surface area contributed by atoms with Gasteiger partial charge in [-0.05, 0) is 6.92 Å². The van der Waals surface area contributed by atoms with Gasteiger partial charge in [0.25, 0.3) is 0 Å². The highest BCUT2D eigenvalue weighted by Gasteiger charge is 2.04. The highest BCUT2D eigenvalue weighted by molar-refractivity contribution is 7.97. The number of aromatic nitrogens is 2. The van der Waals surface area contributed by atoms with Gasteiger partial charge in [0.15, 0.2) is 0 Å². The van der Waals surface area contributed by atoms with E-state index in [0.717, 1.165) is 5.82 Å². The van der Waals surface area contributed by atoms with Crippen molar-refractivity contribution in [2.45, 2.75) is 6.92 Å². The van der Waals surface area contributed by atoms with Crippen molar-refractivity contribution in [3.05, 3.63) is 17.7 Å². The summed E-state index contributed by atoms with van der Waals surface area (Å²) in [6, 6.07) is 0. The number of hydrogen-bond acceptors (Lipinski definition) is 2. The average Bonchev–Trinajstić information content (AvgIpc) is 2.13. The molecule has 0 aliphatic carbocycles. The fourth-order valence-corrected chi connectivity index (χ4v) is 0.770. The first kappa shape index (κ1) is 7.34. The van der Waals surface area contributed by atoms with Gasteiger partial charge in [-0.25, -0.2) is 4.98 Å². The molecule has 0 atom stereocenters. The van der Waals surface area contributed by atoms with Crippen molar-refractivity contribution in [3.8, 4) is 0 Å². The van der Waals surface area contributed by atoms with Crippen LogP contribution in [0, 0.1) is 6.92 Å². The second-order valence-electron chi connectivity index (χ2n) is 2.09. The van der Waals surface area contributed by atoms with Gasteiger partial charge in [-0.1, -0.05) is 12.6 Å². The van der Waals surface area contributed by atoms with Crippen LogP contribution in [0.2, 0.25) is 0 Å². The minimum Gasteiger partial charge on any atom is -0.337 e. The zero-order valence-corrected chi connectivity index (χ0v) is 6.72. The van der Waals surface area contributed by atoms with Gasteiger partial charge >= 0.3 is 0 Å². The Hall–Kier alpha value is -0.770. The summed E-state index contributed by atoms with van der Waals surface area (Å²) in [5, 5.41) is -0.288. The molecule has 1 rings (SSSR count). The third-order valence-corrected chi connectivity index (χ3v) is 1.56. The molecule has 1 aromatic rings. The molecule has 0 fully saturated rings. The molecule has 4 heteroatoms. The smallest absolute Gasteiger partial charge is 0.236 e. The van der Waals surface area contributed by atoms with Gasteiger partial charge in [0, 0.05) is 13.2 Å². The molecule has 10 heavy (non-hydrogen) atoms. The molecule has 0 aliphatic heterocycles. The first-order valence-corrected chi connectivity index (χ1v) is 3.29. The van der Waals surface area contributed by atoms with E-state index in [0.29, 0.717) is 5.69 Å². The molecule has 0 aromatic carbocycles. The molecule has 0 saturated heterocycles. The standard InChI is InChI=1S/C6H8N2OS/c1-4-7-5(6(9)10)3-8(4)2/h3H,1-2H3,(H,9,10). The highest BCUT2D eigenvalue weighted by atomic mass is 32.1. The first-order chi connectivity index (χ1) is 4.61. The van der Waals surface area contributed by atoms with E-state index < -0.39 is 0 Å². The Morgan fingerprint density at radius 3 is 2.60 bits per heavy atom. The number of nitrogens with zero attached hydrogens (tertiary/aromatic N) is 2. The first-order valence-electron chi connectivity index (χ1n) is 2.84. The number of imidazole rings is 1. The van der Waals surface area contributed by atoms with Crippen molar-refractivity contribution in [1.82, 2.24) is 9.55 Å². The predicted octanol–water partition coefficient (Wildman–Crippen LogP) is 0.799. The lowest BCUT2D eigenvalue weighted by atomic mass is 10.5. The molecule has 0 unspecified atom stereocenters. The molecule has 1 aromatic heterocycles. The monoisotopic (exact) mass is 156 g/mol. The molecule has 0 radical (unpaired) electrons. The van der Waals surface area contributed by atoms with Crippen molar-refractivity contribution >= 4 is 17.7 Å². The third kappa shape index (κ3) is 1.21. The van der Waals surface area contributed by atoms with Crippen LogP contribution in [-0.4, -0.2) is 14.7 Å². The number of thiol groups is 1. The van der Waals surface area contributed by atoms with E-state index in [4.69, 9.17) is 0 Å². The maximum absolute atomic E-state index is 10.6. The predicted molar refractivity (Wildman–Crippen MR) is 41.3 cm³/mol. The van der Waals surface area contributed by atoms with Gasteiger partial charge in [0.2, 0.25) is 5.12 Å². The number of hydrogen-bond donors (Lipinski definition) is 1. The van der Waals surface area contributed by atoms with Crippen molar-refractivity contribution in [3.63, 3.8) is 0 Å². The van der Waals surface area contributed by atoms with Crippen LogP contribution in [0.1, 0.15) is 16.3 Å². The van der Waals surface area contributed by atoms with Crippen LogP contribution in [0.3, 0.4) is 0 Å². The summed E-state index contributed by atoms with van der Waals surface area (Å²) >= 11 is 3.63. The Kier molecular flexibility index (Phi) is 1.80. The molecule has 0 aliphatic rings. The molecule has 3 nitrogen and oxygen atoms in total. The van der Waals surface area contributed by atoms with Crippen LogP contribution in [-0.2, 0) is 7.05 Å². The zero-order chi connectivity index (χ0) is 7.72. The van der Waals surface area contributed by atoms with Crippen LogP contribution in [0.25, 0.3) is 0 Å². The van der Waals surface area contributed by atoms with E-state index in [2.05, 4.69) is 17.6 Å². The van der Waals surface area contributed by atoms with E-state index in [1.807, 2.05) is 14.0 Å². The third-order valence-electron chi connectivity index (χ3n) is 1.33. The quantitative estimate of drug-likeness (QED) is 0.610. The molecule has 0 saturated carbocycles. The summed E-state index contributed by atoms with van der Waals surface area (Å²) in [6.45, 7) is 1.83. The summed E-state index contributed by atoms with van der Waals surface area (Å²) < 4.78 is 1.78. The molecule has 0 spiro atoms. The van der Waals surface area contributed by atoms with Crippen LogP contribution >= 0.6 is 12.6 Å². The Balaban J connectivity index is 3.10. The van der Waals surface area contributed by atoms with Crippen molar-refractivity contribution in [2.75, 3.05) is 0 Å². The molecule has 0 amide bonds. The number of carbonyl (C=O) groups excluding carboxylic acids is 1. The lowest BCUT2D eigenvalue weighted by Gasteiger charge is -1.87. The minimum absolute atomic E-state index is 0.288. The second kappa shape index (κ2) is 2.46. The average molecular weight is 156 g/mol. The summed E-state index contributed by atoms with van der Waals surface area (Å²) in [5.41, 5.74) is 0.406. The van der Waals surface area contributed by atoms with Gasteiger partial charge in [-0.3, -0.25) is 4.79 Å². The summed E-state index contributed by atoms with van der Waals surface area (Å²) in [5.74, 6) is 0.817. The van der Waals surface area contributed by atoms with Gasteiger partial charge in [-0.2, -0.15) is 0 Å². The van der Waals surface area contributed by atoms with Gasteiger partial charge < -0.3 is 4.57 Å². The van der Waals surface area contributed by atoms with E-state index in [9.17, 15) is 4.79 Å². The normalized spacial score (nSPS) is 9.90. The molecule has 0 N–H and O–H groups in total. The lowest BCUT2D eigenvalue weighted by molar-refractivity contribution is 0.108. The van der Waals surface area contributed by atoms with Crippen molar-refractivity contribution < 1.29 is 4.79 Å². The van der Waals surface area contributed by atoms with Crippen LogP contribution < -0.4 is 0 Å². The summed E-state index contributed by atoms with van der Waals surface area (Å²) in [6.07, 6.45) is 1.66. The van der Waals surface area contributed by atoms with Gasteiger partial charge in [0.05, 0.1) is 0 Å². The van der Waals surface area contributed by atoms with Crippen LogP contribution in [0.4, 0.5) is 0 Å². The maximum Gasteiger partial charge on any atom is 0.236 e. The van der Waals surface area contributed by atoms with Crippen molar-refractivity contribution in [1.29, 1.82) is 0 Å². The van der Waals surface area contributed by atoms with Crippen LogP contribution in [0.15, 0.2) is 6.20 Å². The summed E-state index contributed by atoms with van der Waals surface area (Å²) in [7, 11) is 1.84. The fourth-order valence-electron chi connectivity index (χ4n) is 0.662. The number of aryl methyl sites for hydroxylation is 2. The summed E-state index contributed by atoms with van der Waals surface area (Å²) in [4.78, 5) is 14.5. The minimum atomic E-state index is -0.288. The van der Waals surface area contributed by atoms with Gasteiger partial charge in [-0.15, -0.1) is 0 Å². The lowest BCUT2D eigenvalue weighted by Crippen LogP contribution is -1.87. The van der Waals surface area contributed by atoms with E-state index in [1.54, 1.807) is 10.8 Å². The van der Waals surface area contributed by atoms with E-state index in [1.165, 1.54) is 0 Å². The largest absolute Gasteiger partial charge is 0.337 e. The highest BCUT2D eigenvalue weighted by Crippen LogP contribution is 2.02. The number of rotatable bonds is 1. The van der Waals surface area contributed by atoms with Crippen molar-refractivity contribution in [2.24, 2.45) is 7.05 Å². The molecule has 1 heterocycles. The second-order valence-corrected chi connectivity index (χ2v) is 2.50. The van der Waals surface area contributed by atoms with E-state index in [-0.39, 0.29) is 5.12 Å². The Morgan fingerprint density at radius 1 is 1.80 bits per heavy atom. The van der Waals surface area contributed by atoms with E-state index >= 15 is 0 Å². The number of carbonyl (C=O) groups is 1. The Labute approximate surface area is 64.5 Å². The van der Waals surface area contributed by atoms with Gasteiger partial charge in [0.1, 0.15) is 11.5 Å². The Morgan fingerprint density at radius 2 is 2.40 bits per heavy atom. The molecule has 0 bridgehead atoms.